The molecule has 0 amide bonds. The number of carbonyl (C=O) groups is 1. The summed E-state index contributed by atoms with van der Waals surface area (Å²) >= 11 is 0. The lowest BCUT2D eigenvalue weighted by Crippen LogP contribution is -2.51. The molecule has 1 rings (SSSR count). The summed E-state index contributed by atoms with van der Waals surface area (Å²) in [6.07, 6.45) is 8.22. The summed E-state index contributed by atoms with van der Waals surface area (Å²) in [5.74, 6) is 0.614. The van der Waals surface area contributed by atoms with Crippen LogP contribution in [0.1, 0.15) is 65.7 Å². The van der Waals surface area contributed by atoms with Gasteiger partial charge in [-0.1, -0.05) is 33.1 Å². The standard InChI is InChI=1S/C17H33NO3/c1-5-11-18-17(3,16(19)20-4)10-12-21-15-9-7-8-14(6-2)13-15/h14-15,18H,5-13H2,1-4H3. The number of esters is 1. The molecule has 0 aromatic rings. The van der Waals surface area contributed by atoms with E-state index in [1.165, 1.54) is 32.8 Å². The monoisotopic (exact) mass is 299 g/mol. The quantitative estimate of drug-likeness (QED) is 0.664. The Labute approximate surface area is 130 Å². The van der Waals surface area contributed by atoms with E-state index in [0.717, 1.165) is 25.3 Å². The lowest BCUT2D eigenvalue weighted by Gasteiger charge is -2.31. The molecule has 0 radical (unpaired) electrons. The van der Waals surface area contributed by atoms with Crippen LogP contribution < -0.4 is 5.32 Å². The first-order valence-corrected chi connectivity index (χ1v) is 8.50. The number of ether oxygens (including phenoxy) is 2. The highest BCUT2D eigenvalue weighted by Gasteiger charge is 2.33. The smallest absolute Gasteiger partial charge is 0.325 e. The lowest BCUT2D eigenvalue weighted by atomic mass is 9.85. The van der Waals surface area contributed by atoms with Crippen LogP contribution in [0.3, 0.4) is 0 Å². The zero-order chi connectivity index (χ0) is 15.7. The van der Waals surface area contributed by atoms with Crippen LogP contribution in [0.15, 0.2) is 0 Å². The first-order chi connectivity index (χ1) is 10.1. The van der Waals surface area contributed by atoms with Gasteiger partial charge in [0.1, 0.15) is 5.54 Å². The number of rotatable bonds is 9. The van der Waals surface area contributed by atoms with Crippen LogP contribution in [-0.2, 0) is 14.3 Å². The second-order valence-corrected chi connectivity index (χ2v) is 6.43. The van der Waals surface area contributed by atoms with Crippen molar-refractivity contribution in [3.63, 3.8) is 0 Å². The fourth-order valence-corrected chi connectivity index (χ4v) is 3.08. The summed E-state index contributed by atoms with van der Waals surface area (Å²) in [5.41, 5.74) is -0.635. The molecule has 1 aliphatic rings. The van der Waals surface area contributed by atoms with Crippen LogP contribution in [-0.4, -0.2) is 37.9 Å². The minimum atomic E-state index is -0.635. The van der Waals surface area contributed by atoms with E-state index in [1.807, 2.05) is 6.92 Å². The summed E-state index contributed by atoms with van der Waals surface area (Å²) < 4.78 is 11.0. The number of carbonyl (C=O) groups excluding carboxylic acids is 1. The van der Waals surface area contributed by atoms with Gasteiger partial charge in [0.2, 0.25) is 0 Å². The molecular weight excluding hydrogens is 266 g/mol. The van der Waals surface area contributed by atoms with Gasteiger partial charge >= 0.3 is 5.97 Å². The largest absolute Gasteiger partial charge is 0.468 e. The van der Waals surface area contributed by atoms with E-state index >= 15 is 0 Å². The molecule has 0 spiro atoms. The van der Waals surface area contributed by atoms with Gasteiger partial charge in [0.05, 0.1) is 13.2 Å². The van der Waals surface area contributed by atoms with Crippen molar-refractivity contribution in [2.45, 2.75) is 77.4 Å². The Morgan fingerprint density at radius 2 is 2.10 bits per heavy atom. The first kappa shape index (κ1) is 18.4. The van der Waals surface area contributed by atoms with Crippen molar-refractivity contribution in [3.05, 3.63) is 0 Å². The van der Waals surface area contributed by atoms with Crippen LogP contribution in [0.5, 0.6) is 0 Å². The molecule has 0 aromatic carbocycles. The average molecular weight is 299 g/mol. The molecule has 4 nitrogen and oxygen atoms in total. The SMILES string of the molecule is CCCNC(C)(CCOC1CCCC(CC)C1)C(=O)OC. The van der Waals surface area contributed by atoms with E-state index in [1.54, 1.807) is 0 Å². The van der Waals surface area contributed by atoms with Gasteiger partial charge in [-0.3, -0.25) is 4.79 Å². The Kier molecular flexibility index (Phi) is 8.27. The second kappa shape index (κ2) is 9.42. The average Bonchev–Trinajstić information content (AvgIpc) is 2.52. The van der Waals surface area contributed by atoms with Gasteiger partial charge in [-0.2, -0.15) is 0 Å². The molecular formula is C17H33NO3. The maximum absolute atomic E-state index is 12.0. The molecule has 1 saturated carbocycles. The van der Waals surface area contributed by atoms with E-state index in [9.17, 15) is 4.79 Å². The van der Waals surface area contributed by atoms with Crippen molar-refractivity contribution >= 4 is 5.97 Å². The van der Waals surface area contributed by atoms with Crippen molar-refractivity contribution in [2.24, 2.45) is 5.92 Å². The van der Waals surface area contributed by atoms with Crippen molar-refractivity contribution in [1.82, 2.24) is 5.32 Å². The van der Waals surface area contributed by atoms with E-state index in [4.69, 9.17) is 9.47 Å². The molecule has 21 heavy (non-hydrogen) atoms. The minimum absolute atomic E-state index is 0.199. The highest BCUT2D eigenvalue weighted by Crippen LogP contribution is 2.28. The molecule has 3 unspecified atom stereocenters. The molecule has 3 atom stereocenters. The first-order valence-electron chi connectivity index (χ1n) is 8.50. The molecule has 0 saturated heterocycles. The van der Waals surface area contributed by atoms with E-state index < -0.39 is 5.54 Å². The van der Waals surface area contributed by atoms with Crippen LogP contribution in [0.2, 0.25) is 0 Å². The fraction of sp³-hybridized carbons (Fsp3) is 0.941. The van der Waals surface area contributed by atoms with Gasteiger partial charge in [0.25, 0.3) is 0 Å². The van der Waals surface area contributed by atoms with Crippen LogP contribution in [0.25, 0.3) is 0 Å². The van der Waals surface area contributed by atoms with Crippen molar-refractivity contribution in [3.8, 4) is 0 Å². The Morgan fingerprint density at radius 3 is 2.71 bits per heavy atom. The summed E-state index contributed by atoms with van der Waals surface area (Å²) in [6, 6.07) is 0. The predicted molar refractivity (Wildman–Crippen MR) is 85.3 cm³/mol. The Morgan fingerprint density at radius 1 is 1.33 bits per heavy atom. The molecule has 1 aliphatic carbocycles. The topological polar surface area (TPSA) is 47.6 Å². The fourth-order valence-electron chi connectivity index (χ4n) is 3.08. The molecule has 0 aliphatic heterocycles. The second-order valence-electron chi connectivity index (χ2n) is 6.43. The third-order valence-corrected chi connectivity index (χ3v) is 4.67. The van der Waals surface area contributed by atoms with Crippen molar-refractivity contribution < 1.29 is 14.3 Å². The molecule has 4 heteroatoms. The molecule has 0 bridgehead atoms. The maximum Gasteiger partial charge on any atom is 0.325 e. The highest BCUT2D eigenvalue weighted by atomic mass is 16.5. The molecule has 124 valence electrons. The highest BCUT2D eigenvalue weighted by molar-refractivity contribution is 5.80. The molecule has 0 aromatic heterocycles. The Hall–Kier alpha value is -0.610. The lowest BCUT2D eigenvalue weighted by molar-refractivity contribution is -0.149. The summed E-state index contributed by atoms with van der Waals surface area (Å²) in [6.45, 7) is 7.69. The number of nitrogens with one attached hydrogen (secondary N) is 1. The normalized spacial score (nSPS) is 25.3. The third kappa shape index (κ3) is 5.95. The van der Waals surface area contributed by atoms with E-state index in [-0.39, 0.29) is 5.97 Å². The van der Waals surface area contributed by atoms with Gasteiger partial charge in [-0.15, -0.1) is 0 Å². The third-order valence-electron chi connectivity index (χ3n) is 4.67. The van der Waals surface area contributed by atoms with Crippen molar-refractivity contribution in [1.29, 1.82) is 0 Å². The zero-order valence-electron chi connectivity index (χ0n) is 14.2. The Balaban J connectivity index is 2.40. The molecule has 0 heterocycles. The number of methoxy groups -OCH3 is 1. The summed E-state index contributed by atoms with van der Waals surface area (Å²) in [7, 11) is 1.45. The van der Waals surface area contributed by atoms with Crippen molar-refractivity contribution in [2.75, 3.05) is 20.3 Å². The molecule has 1 fully saturated rings. The molecule has 1 N–H and O–H groups in total. The van der Waals surface area contributed by atoms with E-state index in [0.29, 0.717) is 19.1 Å². The summed E-state index contributed by atoms with van der Waals surface area (Å²) in [5, 5.41) is 3.30. The van der Waals surface area contributed by atoms with Gasteiger partial charge < -0.3 is 14.8 Å². The Bertz CT molecular complexity index is 308. The van der Waals surface area contributed by atoms with Crippen LogP contribution >= 0.6 is 0 Å². The van der Waals surface area contributed by atoms with Crippen LogP contribution in [0, 0.1) is 5.92 Å². The van der Waals surface area contributed by atoms with Gasteiger partial charge in [-0.05, 0) is 45.1 Å². The number of hydrogen-bond donors (Lipinski definition) is 1. The zero-order valence-corrected chi connectivity index (χ0v) is 14.2. The van der Waals surface area contributed by atoms with Gasteiger partial charge in [0, 0.05) is 6.61 Å². The minimum Gasteiger partial charge on any atom is -0.468 e. The van der Waals surface area contributed by atoms with Crippen LogP contribution in [0.4, 0.5) is 0 Å². The predicted octanol–water partition coefficient (Wildman–Crippen LogP) is 3.29. The van der Waals surface area contributed by atoms with E-state index in [2.05, 4.69) is 19.2 Å². The number of hydrogen-bond acceptors (Lipinski definition) is 4. The summed E-state index contributed by atoms with van der Waals surface area (Å²) in [4.78, 5) is 12.0. The maximum atomic E-state index is 12.0. The van der Waals surface area contributed by atoms with Gasteiger partial charge in [0.15, 0.2) is 0 Å². The van der Waals surface area contributed by atoms with Gasteiger partial charge in [-0.25, -0.2) is 0 Å².